The molecule has 1 aromatic carbocycles. The van der Waals surface area contributed by atoms with Crippen molar-refractivity contribution >= 4 is 39.7 Å². The van der Waals surface area contributed by atoms with Crippen LogP contribution in [-0.4, -0.2) is 27.3 Å². The Bertz CT molecular complexity index is 531. The van der Waals surface area contributed by atoms with E-state index < -0.39 is 0 Å². The number of nitrogens with zero attached hydrogens (tertiary/aromatic N) is 1. The number of halogens is 2. The van der Waals surface area contributed by atoms with E-state index in [2.05, 4.69) is 66.3 Å². The average molecular weight is 497 g/mol. The normalized spacial score (nSPS) is 11.7. The van der Waals surface area contributed by atoms with Gasteiger partial charge in [0.1, 0.15) is 0 Å². The maximum absolute atomic E-state index is 3.76. The Balaban J connectivity index is -0.000000368. The molecule has 5 heteroatoms. The third-order valence-electron chi connectivity index (χ3n) is 3.03. The van der Waals surface area contributed by atoms with E-state index in [0.717, 1.165) is 25.9 Å². The molecular formula is C22H28Cl2NSiZr. The largest absolute Gasteiger partial charge is 2.00 e. The fourth-order valence-electron chi connectivity index (χ4n) is 1.94. The number of allylic oxidation sites excluding steroid dienone is 8. The summed E-state index contributed by atoms with van der Waals surface area (Å²) in [6.07, 6.45) is 23.9. The molecule has 143 valence electrons. The van der Waals surface area contributed by atoms with Crippen LogP contribution in [0.1, 0.15) is 12.8 Å². The molecule has 0 saturated carbocycles. The summed E-state index contributed by atoms with van der Waals surface area (Å²) in [6, 6.07) is 10.6. The molecule has 0 amide bonds. The predicted octanol–water partition coefficient (Wildman–Crippen LogP) is 4.79. The number of hydrogen-bond donors (Lipinski definition) is 0. The van der Waals surface area contributed by atoms with Crippen LogP contribution in [0.15, 0.2) is 92.1 Å². The van der Waals surface area contributed by atoms with E-state index in [4.69, 9.17) is 0 Å². The molecular weight excluding hydrogens is 468 g/mol. The zero-order chi connectivity index (χ0) is 17.3. The van der Waals surface area contributed by atoms with Gasteiger partial charge in [-0.15, -0.1) is 50.8 Å². The minimum Gasteiger partial charge on any atom is -0.316 e. The zero-order valence-corrected chi connectivity index (χ0v) is 20.8. The van der Waals surface area contributed by atoms with Crippen LogP contribution in [0.2, 0.25) is 0 Å². The van der Waals surface area contributed by atoms with Crippen molar-refractivity contribution in [1.82, 2.24) is 4.57 Å². The van der Waals surface area contributed by atoms with Crippen LogP contribution in [0.4, 0.5) is 0 Å². The Morgan fingerprint density at radius 3 is 1.67 bits per heavy atom. The molecule has 0 heterocycles. The number of rotatable bonds is 6. The van der Waals surface area contributed by atoms with Gasteiger partial charge in [0.15, 0.2) is 9.68 Å². The monoisotopic (exact) mass is 494 g/mol. The summed E-state index contributed by atoms with van der Waals surface area (Å²) < 4.78 is 2.37. The van der Waals surface area contributed by atoms with Gasteiger partial charge in [-0.3, -0.25) is 12.2 Å². The predicted molar refractivity (Wildman–Crippen MR) is 123 cm³/mol. The van der Waals surface area contributed by atoms with Crippen molar-refractivity contribution in [2.75, 3.05) is 13.1 Å². The molecule has 2 aliphatic rings. The first-order valence-corrected chi connectivity index (χ1v) is 9.25. The van der Waals surface area contributed by atoms with Gasteiger partial charge in [-0.1, -0.05) is 42.5 Å². The van der Waals surface area contributed by atoms with E-state index in [1.165, 1.54) is 5.19 Å². The van der Waals surface area contributed by atoms with E-state index >= 15 is 0 Å². The molecule has 1 radical (unpaired) electrons. The van der Waals surface area contributed by atoms with Crippen molar-refractivity contribution in [3.8, 4) is 0 Å². The molecule has 0 bridgehead atoms. The van der Waals surface area contributed by atoms with Gasteiger partial charge >= 0.3 is 26.2 Å². The third-order valence-corrected chi connectivity index (χ3v) is 4.50. The van der Waals surface area contributed by atoms with E-state index in [1.54, 1.807) is 0 Å². The van der Waals surface area contributed by atoms with Crippen LogP contribution >= 0.6 is 24.8 Å². The molecule has 1 nitrogen and oxygen atoms in total. The minimum absolute atomic E-state index is 0. The smallest absolute Gasteiger partial charge is 0.316 e. The molecule has 0 fully saturated rings. The van der Waals surface area contributed by atoms with Gasteiger partial charge in [0.25, 0.3) is 0 Å². The van der Waals surface area contributed by atoms with E-state index in [-0.39, 0.29) is 60.7 Å². The van der Waals surface area contributed by atoms with Gasteiger partial charge in [-0.2, -0.15) is 12.2 Å². The second-order valence-corrected chi connectivity index (χ2v) is 6.73. The van der Waals surface area contributed by atoms with Crippen molar-refractivity contribution in [3.05, 3.63) is 104 Å². The van der Waals surface area contributed by atoms with Crippen LogP contribution < -0.4 is 5.19 Å². The summed E-state index contributed by atoms with van der Waals surface area (Å²) in [6.45, 7) is 9.40. The minimum atomic E-state index is 0. The molecule has 0 N–H and O–H groups in total. The summed E-state index contributed by atoms with van der Waals surface area (Å²) in [4.78, 5) is 0. The maximum Gasteiger partial charge on any atom is 2.00 e. The van der Waals surface area contributed by atoms with Gasteiger partial charge in [0, 0.05) is 13.1 Å². The Morgan fingerprint density at radius 2 is 1.37 bits per heavy atom. The van der Waals surface area contributed by atoms with Crippen LogP contribution in [0.5, 0.6) is 0 Å². The molecule has 27 heavy (non-hydrogen) atoms. The first-order chi connectivity index (χ1) is 11.9. The molecule has 2 aliphatic carbocycles. The Hall–Kier alpha value is -0.700. The number of benzene rings is 1. The summed E-state index contributed by atoms with van der Waals surface area (Å²) in [5.74, 6) is 0. The third kappa shape index (κ3) is 18.4. The Kier molecular flexibility index (Phi) is 26.8. The zero-order valence-electron chi connectivity index (χ0n) is 15.6. The van der Waals surface area contributed by atoms with Crippen molar-refractivity contribution in [1.29, 1.82) is 0 Å². The quantitative estimate of drug-likeness (QED) is 0.311. The van der Waals surface area contributed by atoms with Crippen LogP contribution in [0.3, 0.4) is 0 Å². The fraction of sp³-hybridized carbons (Fsp3) is 0.182. The maximum atomic E-state index is 3.76. The van der Waals surface area contributed by atoms with Crippen molar-refractivity contribution in [3.63, 3.8) is 0 Å². The average Bonchev–Trinajstić information content (AvgIpc) is 3.35. The molecule has 0 atom stereocenters. The Morgan fingerprint density at radius 1 is 0.889 bits per heavy atom. The summed E-state index contributed by atoms with van der Waals surface area (Å²) in [5.41, 5.74) is 0. The SMILES string of the molecule is C=CCN(CC=C)[SiH]c1ccccc1.Cl.Cl.[C-]1=CC=CC1.[C-]1=CC=CC1.[Zr+2]. The molecule has 1 aromatic rings. The van der Waals surface area contributed by atoms with E-state index in [1.807, 2.05) is 42.5 Å². The first-order valence-electron chi connectivity index (χ1n) is 8.16. The van der Waals surface area contributed by atoms with Gasteiger partial charge in [-0.05, 0) is 5.19 Å². The molecule has 0 unspecified atom stereocenters. The summed E-state index contributed by atoms with van der Waals surface area (Å²) >= 11 is 0. The summed E-state index contributed by atoms with van der Waals surface area (Å²) in [7, 11) is 0.186. The number of hydrogen-bond acceptors (Lipinski definition) is 1. The fourth-order valence-corrected chi connectivity index (χ4v) is 3.27. The van der Waals surface area contributed by atoms with E-state index in [0.29, 0.717) is 0 Å². The second kappa shape index (κ2) is 23.3. The first kappa shape index (κ1) is 31.0. The van der Waals surface area contributed by atoms with Gasteiger partial charge < -0.3 is 4.57 Å². The van der Waals surface area contributed by atoms with Crippen LogP contribution in [-0.2, 0) is 26.2 Å². The van der Waals surface area contributed by atoms with Crippen molar-refractivity contribution in [2.24, 2.45) is 0 Å². The molecule has 3 rings (SSSR count). The van der Waals surface area contributed by atoms with Crippen LogP contribution in [0.25, 0.3) is 0 Å². The summed E-state index contributed by atoms with van der Waals surface area (Å²) in [5, 5.41) is 1.41. The molecule has 0 saturated heterocycles. The van der Waals surface area contributed by atoms with Gasteiger partial charge in [0.05, 0.1) is 0 Å². The van der Waals surface area contributed by atoms with Crippen molar-refractivity contribution in [2.45, 2.75) is 12.8 Å². The topological polar surface area (TPSA) is 3.24 Å². The Labute approximate surface area is 199 Å². The molecule has 0 aliphatic heterocycles. The van der Waals surface area contributed by atoms with Gasteiger partial charge in [-0.25, -0.2) is 24.3 Å². The molecule has 0 spiro atoms. The van der Waals surface area contributed by atoms with Crippen molar-refractivity contribution < 1.29 is 26.2 Å². The standard InChI is InChI=1S/C12H16NSi.2C5H5.2ClH.Zr/c1-3-10-13(11-4-2)14-12-8-6-5-7-9-12;2*1-2-4-5-3-1;;;/h3-9,14H,1-2,10-11H2;2*1-3H,4H2;2*1H;/q;2*-1;;;+2. The van der Waals surface area contributed by atoms with E-state index in [9.17, 15) is 0 Å². The van der Waals surface area contributed by atoms with Crippen LogP contribution in [0, 0.1) is 12.2 Å². The van der Waals surface area contributed by atoms with Gasteiger partial charge in [0.2, 0.25) is 0 Å². The molecule has 0 aromatic heterocycles. The second-order valence-electron chi connectivity index (χ2n) is 5.08.